The van der Waals surface area contributed by atoms with E-state index in [4.69, 9.17) is 4.42 Å². The maximum atomic E-state index is 13.1. The van der Waals surface area contributed by atoms with Gasteiger partial charge < -0.3 is 14.6 Å². The van der Waals surface area contributed by atoms with Crippen LogP contribution in [0.4, 0.5) is 10.2 Å². The third kappa shape index (κ3) is 4.91. The third-order valence-corrected chi connectivity index (χ3v) is 6.83. The van der Waals surface area contributed by atoms with Crippen LogP contribution in [0.2, 0.25) is 0 Å². The number of thiazole rings is 1. The number of anilines is 1. The number of carbonyl (C=O) groups excluding carboxylic acids is 2. The number of hydrogen-bond acceptors (Lipinski definition) is 6. The van der Waals surface area contributed by atoms with Gasteiger partial charge in [0.1, 0.15) is 17.2 Å². The first-order chi connectivity index (χ1) is 16.5. The van der Waals surface area contributed by atoms with Crippen LogP contribution in [-0.2, 0) is 11.2 Å². The van der Waals surface area contributed by atoms with Gasteiger partial charge in [0.05, 0.1) is 17.7 Å². The van der Waals surface area contributed by atoms with E-state index < -0.39 is 0 Å². The Balaban J connectivity index is 1.14. The van der Waals surface area contributed by atoms with Crippen LogP contribution in [0.3, 0.4) is 0 Å². The number of amides is 2. The maximum absolute atomic E-state index is 13.1. The number of furan rings is 1. The summed E-state index contributed by atoms with van der Waals surface area (Å²) in [7, 11) is 0. The first-order valence-corrected chi connectivity index (χ1v) is 11.8. The van der Waals surface area contributed by atoms with Crippen LogP contribution < -0.4 is 5.32 Å². The highest BCUT2D eigenvalue weighted by atomic mass is 32.1. The summed E-state index contributed by atoms with van der Waals surface area (Å²) in [5.41, 5.74) is 1.81. The smallest absolute Gasteiger partial charge is 0.276 e. The first kappa shape index (κ1) is 22.0. The molecule has 5 rings (SSSR count). The summed E-state index contributed by atoms with van der Waals surface area (Å²) >= 11 is 1.46. The fourth-order valence-corrected chi connectivity index (χ4v) is 4.94. The maximum Gasteiger partial charge on any atom is 0.276 e. The van der Waals surface area contributed by atoms with Gasteiger partial charge in [-0.3, -0.25) is 14.7 Å². The number of aromatic amines is 1. The largest absolute Gasteiger partial charge is 0.463 e. The minimum Gasteiger partial charge on any atom is -0.463 e. The minimum atomic E-state index is -0.327. The van der Waals surface area contributed by atoms with Crippen LogP contribution in [0, 0.1) is 5.82 Å². The number of H-pyrrole nitrogens is 1. The predicted octanol–water partition coefficient (Wildman–Crippen LogP) is 4.47. The van der Waals surface area contributed by atoms with Crippen LogP contribution in [0.15, 0.2) is 58.5 Å². The third-order valence-electron chi connectivity index (χ3n) is 5.83. The number of nitrogens with zero attached hydrogens (tertiary/aromatic N) is 3. The van der Waals surface area contributed by atoms with Crippen molar-refractivity contribution in [3.63, 3.8) is 0 Å². The summed E-state index contributed by atoms with van der Waals surface area (Å²) in [5, 5.41) is 12.3. The molecule has 1 fully saturated rings. The van der Waals surface area contributed by atoms with E-state index in [2.05, 4.69) is 20.5 Å². The fraction of sp³-hybridized carbons (Fsp3) is 0.250. The van der Waals surface area contributed by atoms with Gasteiger partial charge in [0.25, 0.3) is 5.91 Å². The summed E-state index contributed by atoms with van der Waals surface area (Å²) in [5.74, 6) is 0.628. The minimum absolute atomic E-state index is 0.0391. The summed E-state index contributed by atoms with van der Waals surface area (Å²) in [6, 6.07) is 11.3. The van der Waals surface area contributed by atoms with E-state index in [0.717, 1.165) is 23.4 Å². The lowest BCUT2D eigenvalue weighted by atomic mass is 9.97. The first-order valence-electron chi connectivity index (χ1n) is 10.9. The molecule has 0 spiro atoms. The summed E-state index contributed by atoms with van der Waals surface area (Å²) in [6.07, 6.45) is 3.41. The van der Waals surface area contributed by atoms with Crippen LogP contribution in [0.5, 0.6) is 0 Å². The Hall–Kier alpha value is -3.79. The highest BCUT2D eigenvalue weighted by Crippen LogP contribution is 2.31. The molecule has 3 aromatic heterocycles. The van der Waals surface area contributed by atoms with Gasteiger partial charge in [-0.25, -0.2) is 9.37 Å². The van der Waals surface area contributed by atoms with Crippen molar-refractivity contribution in [1.82, 2.24) is 20.1 Å². The zero-order valence-electron chi connectivity index (χ0n) is 18.2. The van der Waals surface area contributed by atoms with Crippen LogP contribution in [0.25, 0.3) is 11.5 Å². The van der Waals surface area contributed by atoms with Gasteiger partial charge in [-0.15, -0.1) is 11.3 Å². The molecule has 1 aliphatic heterocycles. The summed E-state index contributed by atoms with van der Waals surface area (Å²) in [6.45, 7) is 1.27. The van der Waals surface area contributed by atoms with Gasteiger partial charge in [0.15, 0.2) is 11.6 Å². The number of nitrogens with one attached hydrogen (secondary N) is 2. The number of carbonyl (C=O) groups is 2. The highest BCUT2D eigenvalue weighted by Gasteiger charge is 2.26. The van der Waals surface area contributed by atoms with Gasteiger partial charge in [0, 0.05) is 30.5 Å². The van der Waals surface area contributed by atoms with Gasteiger partial charge in [-0.2, -0.15) is 5.10 Å². The second-order valence-corrected chi connectivity index (χ2v) is 9.02. The standard InChI is InChI=1S/C24H22FN5O3S/c25-17-5-3-15(4-6-17)12-22(31)30-9-7-16(8-10-30)24-26-19(14-34-24)23(32)27-21-13-18(28-29-21)20-2-1-11-33-20/h1-6,11,13-14,16H,7-10,12H2,(H2,27,28,29,32). The lowest BCUT2D eigenvalue weighted by Crippen LogP contribution is -2.38. The van der Waals surface area contributed by atoms with Crippen molar-refractivity contribution in [2.75, 3.05) is 18.4 Å². The molecular weight excluding hydrogens is 457 g/mol. The molecule has 0 aliphatic carbocycles. The van der Waals surface area contributed by atoms with E-state index in [0.29, 0.717) is 36.1 Å². The van der Waals surface area contributed by atoms with E-state index >= 15 is 0 Å². The Morgan fingerprint density at radius 3 is 2.74 bits per heavy atom. The number of piperidine rings is 1. The average molecular weight is 480 g/mol. The molecule has 1 aliphatic rings. The Labute approximate surface area is 198 Å². The predicted molar refractivity (Wildman–Crippen MR) is 125 cm³/mol. The van der Waals surface area contributed by atoms with Gasteiger partial charge in [-0.05, 0) is 42.7 Å². The highest BCUT2D eigenvalue weighted by molar-refractivity contribution is 7.10. The number of halogens is 1. The average Bonchev–Trinajstić information content (AvgIpc) is 3.62. The number of likely N-dealkylation sites (tertiary alicyclic amines) is 1. The Bertz CT molecular complexity index is 1270. The summed E-state index contributed by atoms with van der Waals surface area (Å²) in [4.78, 5) is 31.6. The zero-order valence-corrected chi connectivity index (χ0v) is 19.0. The lowest BCUT2D eigenvalue weighted by molar-refractivity contribution is -0.131. The number of hydrogen-bond donors (Lipinski definition) is 2. The Morgan fingerprint density at radius 1 is 1.21 bits per heavy atom. The molecular formula is C24H22FN5O3S. The van der Waals surface area contributed by atoms with E-state index in [9.17, 15) is 14.0 Å². The Morgan fingerprint density at radius 2 is 2.00 bits per heavy atom. The van der Waals surface area contributed by atoms with Crippen molar-refractivity contribution in [2.45, 2.75) is 25.2 Å². The normalized spacial score (nSPS) is 14.3. The molecule has 2 amide bonds. The fourth-order valence-electron chi connectivity index (χ4n) is 3.97. The molecule has 0 unspecified atom stereocenters. The summed E-state index contributed by atoms with van der Waals surface area (Å²) < 4.78 is 18.4. The van der Waals surface area contributed by atoms with Crippen LogP contribution >= 0.6 is 11.3 Å². The molecule has 4 aromatic rings. The van der Waals surface area contributed by atoms with Crippen LogP contribution in [-0.4, -0.2) is 45.0 Å². The van der Waals surface area contributed by atoms with Crippen molar-refractivity contribution in [3.8, 4) is 11.5 Å². The molecule has 4 heterocycles. The van der Waals surface area contributed by atoms with E-state index in [1.165, 1.54) is 23.5 Å². The van der Waals surface area contributed by atoms with Crippen molar-refractivity contribution >= 4 is 29.0 Å². The van der Waals surface area contributed by atoms with Gasteiger partial charge >= 0.3 is 0 Å². The molecule has 10 heteroatoms. The van der Waals surface area contributed by atoms with Gasteiger partial charge in [0.2, 0.25) is 5.91 Å². The molecule has 174 valence electrons. The number of rotatable bonds is 6. The quantitative estimate of drug-likeness (QED) is 0.425. The van der Waals surface area contributed by atoms with Crippen molar-refractivity contribution < 1.29 is 18.4 Å². The van der Waals surface area contributed by atoms with E-state index in [-0.39, 0.29) is 30.0 Å². The topological polar surface area (TPSA) is 104 Å². The molecule has 0 atom stereocenters. The Kier molecular flexibility index (Phi) is 6.22. The second kappa shape index (κ2) is 9.60. The molecule has 0 radical (unpaired) electrons. The second-order valence-electron chi connectivity index (χ2n) is 8.13. The zero-order chi connectivity index (χ0) is 23.5. The number of benzene rings is 1. The van der Waals surface area contributed by atoms with Crippen LogP contribution in [0.1, 0.15) is 39.8 Å². The molecule has 0 bridgehead atoms. The molecule has 0 saturated carbocycles. The molecule has 2 N–H and O–H groups in total. The van der Waals surface area contributed by atoms with E-state index in [1.807, 2.05) is 4.90 Å². The lowest BCUT2D eigenvalue weighted by Gasteiger charge is -2.31. The molecule has 8 nitrogen and oxygen atoms in total. The molecule has 1 saturated heterocycles. The van der Waals surface area contributed by atoms with Crippen molar-refractivity contribution in [2.24, 2.45) is 0 Å². The van der Waals surface area contributed by atoms with E-state index in [1.54, 1.807) is 42.0 Å². The SMILES string of the molecule is O=C(Nc1cc(-c2ccco2)[nH]n1)c1csc(C2CCN(C(=O)Cc3ccc(F)cc3)CC2)n1. The van der Waals surface area contributed by atoms with Crippen molar-refractivity contribution in [1.29, 1.82) is 0 Å². The molecule has 1 aromatic carbocycles. The number of aromatic nitrogens is 3. The van der Waals surface area contributed by atoms with Gasteiger partial charge in [-0.1, -0.05) is 12.1 Å². The monoisotopic (exact) mass is 479 g/mol. The van der Waals surface area contributed by atoms with Crippen molar-refractivity contribution in [3.05, 3.63) is 76.2 Å². The molecule has 34 heavy (non-hydrogen) atoms.